The van der Waals surface area contributed by atoms with Gasteiger partial charge in [0.2, 0.25) is 0 Å². The van der Waals surface area contributed by atoms with Gasteiger partial charge in [-0.1, -0.05) is 6.58 Å². The third kappa shape index (κ3) is 1.13. The van der Waals surface area contributed by atoms with Gasteiger partial charge >= 0.3 is 0 Å². The molecular weight excluding hydrogens is 126 g/mol. The zero-order valence-corrected chi connectivity index (χ0v) is 5.83. The average molecular weight is 135 g/mol. The van der Waals surface area contributed by atoms with E-state index in [0.29, 0.717) is 11.4 Å². The van der Waals surface area contributed by atoms with Crippen LogP contribution in [0.4, 0.5) is 5.69 Å². The Morgan fingerprint density at radius 1 is 1.60 bits per heavy atom. The zero-order chi connectivity index (χ0) is 7.56. The molecule has 0 saturated carbocycles. The Bertz CT molecular complexity index is 255. The van der Waals surface area contributed by atoms with E-state index in [1.165, 1.54) is 0 Å². The lowest BCUT2D eigenvalue weighted by Gasteiger charge is -1.96. The molecule has 1 aromatic rings. The number of aromatic nitrogens is 2. The summed E-state index contributed by atoms with van der Waals surface area (Å²) in [5.74, 6) is 0. The van der Waals surface area contributed by atoms with Crippen molar-refractivity contribution in [1.82, 2.24) is 10.2 Å². The monoisotopic (exact) mass is 135 g/mol. The molecule has 0 unspecified atom stereocenters. The fraction of sp³-hybridized carbons (Fsp3) is 0.143. The normalized spacial score (nSPS) is 9.30. The fourth-order valence-corrected chi connectivity index (χ4v) is 0.677. The zero-order valence-electron chi connectivity index (χ0n) is 5.83. The number of anilines is 1. The summed E-state index contributed by atoms with van der Waals surface area (Å²) in [6.45, 7) is 5.38. The first-order valence-corrected chi connectivity index (χ1v) is 2.96. The molecule has 0 atom stereocenters. The summed E-state index contributed by atoms with van der Waals surface area (Å²) in [6, 6.07) is 1.77. The van der Waals surface area contributed by atoms with Crippen molar-refractivity contribution in [3.63, 3.8) is 0 Å². The van der Waals surface area contributed by atoms with Gasteiger partial charge in [0.05, 0.1) is 11.4 Å². The number of hydrogen-bond donors (Lipinski definition) is 1. The lowest BCUT2D eigenvalue weighted by molar-refractivity contribution is 0.973. The van der Waals surface area contributed by atoms with Gasteiger partial charge in [0.25, 0.3) is 0 Å². The topological polar surface area (TPSA) is 51.8 Å². The van der Waals surface area contributed by atoms with Crippen LogP contribution in [0.15, 0.2) is 12.6 Å². The summed E-state index contributed by atoms with van der Waals surface area (Å²) < 4.78 is 0. The Morgan fingerprint density at radius 2 is 2.30 bits per heavy atom. The highest BCUT2D eigenvalue weighted by Crippen LogP contribution is 2.08. The molecule has 0 saturated heterocycles. The van der Waals surface area contributed by atoms with Crippen molar-refractivity contribution in [1.29, 1.82) is 0 Å². The van der Waals surface area contributed by atoms with Gasteiger partial charge in [-0.2, -0.15) is 5.10 Å². The van der Waals surface area contributed by atoms with Crippen LogP contribution < -0.4 is 5.73 Å². The molecule has 1 heterocycles. The van der Waals surface area contributed by atoms with Crippen LogP contribution in [-0.4, -0.2) is 10.2 Å². The number of hydrogen-bond acceptors (Lipinski definition) is 3. The molecule has 0 aliphatic rings. The summed E-state index contributed by atoms with van der Waals surface area (Å²) in [7, 11) is 0. The molecule has 0 fully saturated rings. The first-order valence-electron chi connectivity index (χ1n) is 2.96. The summed E-state index contributed by atoms with van der Waals surface area (Å²) >= 11 is 0. The Morgan fingerprint density at radius 3 is 2.80 bits per heavy atom. The Labute approximate surface area is 59.6 Å². The first kappa shape index (κ1) is 6.74. The van der Waals surface area contributed by atoms with Gasteiger partial charge < -0.3 is 5.73 Å². The molecule has 1 rings (SSSR count). The van der Waals surface area contributed by atoms with Gasteiger partial charge in [0.1, 0.15) is 5.69 Å². The van der Waals surface area contributed by atoms with E-state index in [1.807, 2.05) is 6.92 Å². The molecule has 0 bridgehead atoms. The quantitative estimate of drug-likeness (QED) is 0.625. The smallest absolute Gasteiger partial charge is 0.108 e. The van der Waals surface area contributed by atoms with Crippen LogP contribution >= 0.6 is 0 Å². The number of rotatable bonds is 1. The van der Waals surface area contributed by atoms with E-state index in [-0.39, 0.29) is 0 Å². The molecule has 0 aromatic carbocycles. The van der Waals surface area contributed by atoms with Gasteiger partial charge in [-0.3, -0.25) is 0 Å². The van der Waals surface area contributed by atoms with Gasteiger partial charge in [-0.05, 0) is 19.1 Å². The van der Waals surface area contributed by atoms with Crippen molar-refractivity contribution in [3.8, 4) is 0 Å². The second-order valence-corrected chi connectivity index (χ2v) is 2.03. The highest BCUT2D eigenvalue weighted by molar-refractivity contribution is 5.58. The van der Waals surface area contributed by atoms with Crippen LogP contribution in [0.2, 0.25) is 0 Å². The number of nitrogens with two attached hydrogens (primary N) is 1. The molecule has 0 aliphatic carbocycles. The number of nitrogen functional groups attached to an aromatic ring is 1. The van der Waals surface area contributed by atoms with E-state index in [1.54, 1.807) is 12.1 Å². The average Bonchev–Trinajstić information content (AvgIpc) is 1.88. The predicted octanol–water partition coefficient (Wildman–Crippen LogP) is 1.01. The maximum atomic E-state index is 5.56. The number of aryl methyl sites for hydroxylation is 1. The molecule has 1 aromatic heterocycles. The highest BCUT2D eigenvalue weighted by Gasteiger charge is 1.95. The first-order chi connectivity index (χ1) is 4.74. The summed E-state index contributed by atoms with van der Waals surface area (Å²) in [6.07, 6.45) is 1.59. The van der Waals surface area contributed by atoms with E-state index in [2.05, 4.69) is 16.8 Å². The van der Waals surface area contributed by atoms with E-state index in [9.17, 15) is 0 Å². The van der Waals surface area contributed by atoms with Gasteiger partial charge in [-0.15, -0.1) is 5.10 Å². The fourth-order valence-electron chi connectivity index (χ4n) is 0.677. The standard InChI is InChI=1S/C7H9N3/c1-3-7-6(8)4-5(2)9-10-7/h3-4H,1H2,2H3,(H2,8,9). The van der Waals surface area contributed by atoms with Crippen molar-refractivity contribution >= 4 is 11.8 Å². The molecule has 52 valence electrons. The lowest BCUT2D eigenvalue weighted by Crippen LogP contribution is -1.96. The third-order valence-corrected chi connectivity index (χ3v) is 1.17. The Kier molecular flexibility index (Phi) is 1.67. The molecule has 3 heteroatoms. The van der Waals surface area contributed by atoms with Gasteiger partial charge in [-0.25, -0.2) is 0 Å². The molecule has 0 aliphatic heterocycles. The Balaban J connectivity index is 3.19. The van der Waals surface area contributed by atoms with E-state index >= 15 is 0 Å². The maximum absolute atomic E-state index is 5.56. The third-order valence-electron chi connectivity index (χ3n) is 1.17. The highest BCUT2D eigenvalue weighted by atomic mass is 15.1. The minimum absolute atomic E-state index is 0.627. The number of nitrogens with zero attached hydrogens (tertiary/aromatic N) is 2. The van der Waals surface area contributed by atoms with E-state index in [4.69, 9.17) is 5.73 Å². The summed E-state index contributed by atoms with van der Waals surface area (Å²) in [4.78, 5) is 0. The van der Waals surface area contributed by atoms with Crippen molar-refractivity contribution in [2.75, 3.05) is 5.73 Å². The van der Waals surface area contributed by atoms with E-state index in [0.717, 1.165) is 5.69 Å². The summed E-state index contributed by atoms with van der Waals surface area (Å²) in [5, 5.41) is 7.61. The van der Waals surface area contributed by atoms with Crippen molar-refractivity contribution < 1.29 is 0 Å². The minimum Gasteiger partial charge on any atom is -0.397 e. The maximum Gasteiger partial charge on any atom is 0.108 e. The van der Waals surface area contributed by atoms with Crippen LogP contribution in [-0.2, 0) is 0 Å². The Hall–Kier alpha value is -1.38. The molecule has 0 radical (unpaired) electrons. The second-order valence-electron chi connectivity index (χ2n) is 2.03. The van der Waals surface area contributed by atoms with Crippen molar-refractivity contribution in [3.05, 3.63) is 24.0 Å². The van der Waals surface area contributed by atoms with Gasteiger partial charge in [0, 0.05) is 0 Å². The molecule has 0 amide bonds. The SMILES string of the molecule is C=Cc1nnc(C)cc1N. The molecule has 3 nitrogen and oxygen atoms in total. The van der Waals surface area contributed by atoms with Gasteiger partial charge in [0.15, 0.2) is 0 Å². The largest absolute Gasteiger partial charge is 0.397 e. The molecule has 2 N–H and O–H groups in total. The second kappa shape index (κ2) is 2.47. The lowest BCUT2D eigenvalue weighted by atomic mass is 10.3. The predicted molar refractivity (Wildman–Crippen MR) is 41.3 cm³/mol. The minimum atomic E-state index is 0.627. The van der Waals surface area contributed by atoms with Crippen LogP contribution in [0.5, 0.6) is 0 Å². The van der Waals surface area contributed by atoms with Crippen molar-refractivity contribution in [2.24, 2.45) is 0 Å². The molecule has 0 spiro atoms. The molecular formula is C7H9N3. The van der Waals surface area contributed by atoms with Crippen LogP contribution in [0, 0.1) is 6.92 Å². The van der Waals surface area contributed by atoms with Crippen molar-refractivity contribution in [2.45, 2.75) is 6.92 Å². The van der Waals surface area contributed by atoms with Crippen LogP contribution in [0.25, 0.3) is 6.08 Å². The van der Waals surface area contributed by atoms with Crippen LogP contribution in [0.3, 0.4) is 0 Å². The summed E-state index contributed by atoms with van der Waals surface area (Å²) in [5.41, 5.74) is 7.65. The molecule has 10 heavy (non-hydrogen) atoms. The van der Waals surface area contributed by atoms with Crippen LogP contribution in [0.1, 0.15) is 11.4 Å². The van der Waals surface area contributed by atoms with E-state index < -0.39 is 0 Å².